The zero-order valence-electron chi connectivity index (χ0n) is 13.2. The first kappa shape index (κ1) is 16.0. The maximum atomic E-state index is 12.5. The zero-order valence-corrected chi connectivity index (χ0v) is 13.2. The van der Waals surface area contributed by atoms with Crippen molar-refractivity contribution >= 4 is 17.4 Å². The Kier molecular flexibility index (Phi) is 5.10. The molecule has 3 heteroatoms. The second-order valence-electron chi connectivity index (χ2n) is 5.72. The van der Waals surface area contributed by atoms with Crippen molar-refractivity contribution in [3.8, 4) is 0 Å². The van der Waals surface area contributed by atoms with Crippen LogP contribution in [0.4, 0.5) is 5.69 Å². The number of nitrogens with one attached hydrogen (secondary N) is 1. The quantitative estimate of drug-likeness (QED) is 0.837. The molecule has 0 aliphatic rings. The van der Waals surface area contributed by atoms with E-state index in [2.05, 4.69) is 5.32 Å². The molecule has 0 bridgehead atoms. The Hall–Kier alpha value is -2.42. The molecule has 2 rings (SSSR count). The molecule has 0 fully saturated rings. The number of ketones is 1. The molecule has 0 spiro atoms. The van der Waals surface area contributed by atoms with Gasteiger partial charge in [-0.25, -0.2) is 0 Å². The Labute approximate surface area is 131 Å². The van der Waals surface area contributed by atoms with E-state index in [4.69, 9.17) is 0 Å². The summed E-state index contributed by atoms with van der Waals surface area (Å²) in [7, 11) is 0. The van der Waals surface area contributed by atoms with E-state index in [0.717, 1.165) is 11.3 Å². The number of Topliss-reactive ketones (excluding diaryl/α,β-unsaturated/α-hetero) is 1. The van der Waals surface area contributed by atoms with E-state index in [1.165, 1.54) is 0 Å². The van der Waals surface area contributed by atoms with Crippen LogP contribution in [-0.4, -0.2) is 11.7 Å². The number of anilines is 1. The highest BCUT2D eigenvalue weighted by molar-refractivity contribution is 6.01. The average molecular weight is 295 g/mol. The van der Waals surface area contributed by atoms with Gasteiger partial charge < -0.3 is 5.32 Å². The first-order valence-electron chi connectivity index (χ1n) is 7.49. The van der Waals surface area contributed by atoms with Crippen LogP contribution in [0.5, 0.6) is 0 Å². The Morgan fingerprint density at radius 1 is 0.909 bits per heavy atom. The third-order valence-electron chi connectivity index (χ3n) is 3.63. The Bertz CT molecular complexity index is 662. The molecular formula is C19H21NO2. The van der Waals surface area contributed by atoms with Crippen molar-refractivity contribution in [2.75, 3.05) is 5.32 Å². The van der Waals surface area contributed by atoms with Crippen molar-refractivity contribution in [3.05, 3.63) is 65.7 Å². The number of benzene rings is 2. The number of rotatable bonds is 5. The summed E-state index contributed by atoms with van der Waals surface area (Å²) in [6.45, 7) is 5.58. The molecule has 0 heterocycles. The molecule has 1 N–H and O–H groups in total. The van der Waals surface area contributed by atoms with Gasteiger partial charge in [0, 0.05) is 23.1 Å². The van der Waals surface area contributed by atoms with Gasteiger partial charge >= 0.3 is 0 Å². The highest BCUT2D eigenvalue weighted by Crippen LogP contribution is 2.23. The minimum absolute atomic E-state index is 0.0285. The van der Waals surface area contributed by atoms with Crippen LogP contribution in [0.1, 0.15) is 42.6 Å². The minimum Gasteiger partial charge on any atom is -0.326 e. The normalized spacial score (nSPS) is 12.0. The monoisotopic (exact) mass is 295 g/mol. The van der Waals surface area contributed by atoms with Gasteiger partial charge in [-0.1, -0.05) is 63.2 Å². The van der Waals surface area contributed by atoms with Crippen molar-refractivity contribution in [3.63, 3.8) is 0 Å². The predicted molar refractivity (Wildman–Crippen MR) is 89.1 cm³/mol. The molecule has 2 aromatic rings. The Morgan fingerprint density at radius 3 is 2.23 bits per heavy atom. The van der Waals surface area contributed by atoms with Crippen molar-refractivity contribution in [2.45, 2.75) is 26.7 Å². The minimum atomic E-state index is -0.252. The third-order valence-corrected chi connectivity index (χ3v) is 3.63. The molecule has 1 atom stereocenters. The summed E-state index contributed by atoms with van der Waals surface area (Å²) in [6, 6.07) is 16.7. The maximum Gasteiger partial charge on any atom is 0.226 e. The maximum absolute atomic E-state index is 12.5. The molecule has 2 aromatic carbocycles. The largest absolute Gasteiger partial charge is 0.326 e. The SMILES string of the molecule is CC(C)C(=O)Nc1cccc(C(C)C(=O)c2ccccc2)c1. The summed E-state index contributed by atoms with van der Waals surface area (Å²) in [5.41, 5.74) is 2.32. The van der Waals surface area contributed by atoms with Crippen LogP contribution in [0.15, 0.2) is 54.6 Å². The highest BCUT2D eigenvalue weighted by Gasteiger charge is 2.17. The van der Waals surface area contributed by atoms with Gasteiger partial charge in [0.15, 0.2) is 5.78 Å². The van der Waals surface area contributed by atoms with Gasteiger partial charge in [0.1, 0.15) is 0 Å². The molecule has 1 unspecified atom stereocenters. The lowest BCUT2D eigenvalue weighted by molar-refractivity contribution is -0.118. The van der Waals surface area contributed by atoms with Crippen LogP contribution in [0, 0.1) is 5.92 Å². The van der Waals surface area contributed by atoms with Crippen LogP contribution < -0.4 is 5.32 Å². The smallest absolute Gasteiger partial charge is 0.226 e. The standard InChI is InChI=1S/C19H21NO2/c1-13(2)19(22)20-17-11-7-10-16(12-17)14(3)18(21)15-8-5-4-6-9-15/h4-14H,1-3H3,(H,20,22). The highest BCUT2D eigenvalue weighted by atomic mass is 16.1. The zero-order chi connectivity index (χ0) is 16.1. The molecule has 1 amide bonds. The molecule has 0 saturated carbocycles. The van der Waals surface area contributed by atoms with Crippen LogP contribution in [-0.2, 0) is 4.79 Å². The van der Waals surface area contributed by atoms with Gasteiger partial charge in [-0.05, 0) is 17.7 Å². The summed E-state index contributed by atoms with van der Waals surface area (Å²) >= 11 is 0. The molecule has 0 aliphatic carbocycles. The molecular weight excluding hydrogens is 274 g/mol. The van der Waals surface area contributed by atoms with E-state index in [1.54, 1.807) is 0 Å². The van der Waals surface area contributed by atoms with Crippen molar-refractivity contribution in [2.24, 2.45) is 5.92 Å². The van der Waals surface area contributed by atoms with E-state index >= 15 is 0 Å². The molecule has 3 nitrogen and oxygen atoms in total. The van der Waals surface area contributed by atoms with Crippen molar-refractivity contribution < 1.29 is 9.59 Å². The van der Waals surface area contributed by atoms with Crippen molar-refractivity contribution in [1.29, 1.82) is 0 Å². The van der Waals surface area contributed by atoms with Gasteiger partial charge in [-0.15, -0.1) is 0 Å². The summed E-state index contributed by atoms with van der Waals surface area (Å²) in [5, 5.41) is 2.87. The number of carbonyl (C=O) groups is 2. The van der Waals surface area contributed by atoms with Gasteiger partial charge in [0.25, 0.3) is 0 Å². The first-order valence-corrected chi connectivity index (χ1v) is 7.49. The fraction of sp³-hybridized carbons (Fsp3) is 0.263. The van der Waals surface area contributed by atoms with Crippen LogP contribution in [0.3, 0.4) is 0 Å². The topological polar surface area (TPSA) is 46.2 Å². The van der Waals surface area contributed by atoms with E-state index in [1.807, 2.05) is 75.4 Å². The lowest BCUT2D eigenvalue weighted by Gasteiger charge is -2.13. The van der Waals surface area contributed by atoms with Gasteiger partial charge in [0.05, 0.1) is 0 Å². The molecule has 0 aromatic heterocycles. The fourth-order valence-electron chi connectivity index (χ4n) is 2.18. The number of hydrogen-bond donors (Lipinski definition) is 1. The molecule has 0 aliphatic heterocycles. The summed E-state index contributed by atoms with van der Waals surface area (Å²) in [5.74, 6) is -0.280. The number of carbonyl (C=O) groups excluding carboxylic acids is 2. The number of hydrogen-bond acceptors (Lipinski definition) is 2. The van der Waals surface area contributed by atoms with Gasteiger partial charge in [-0.2, -0.15) is 0 Å². The summed E-state index contributed by atoms with van der Waals surface area (Å²) in [6.07, 6.45) is 0. The Morgan fingerprint density at radius 2 is 1.59 bits per heavy atom. The van der Waals surface area contributed by atoms with E-state index in [9.17, 15) is 9.59 Å². The van der Waals surface area contributed by atoms with Crippen LogP contribution in [0.25, 0.3) is 0 Å². The van der Waals surface area contributed by atoms with Crippen molar-refractivity contribution in [1.82, 2.24) is 0 Å². The predicted octanol–water partition coefficient (Wildman–Crippen LogP) is 4.27. The second-order valence-corrected chi connectivity index (χ2v) is 5.72. The van der Waals surface area contributed by atoms with E-state index < -0.39 is 0 Å². The van der Waals surface area contributed by atoms with Gasteiger partial charge in [-0.3, -0.25) is 9.59 Å². The lowest BCUT2D eigenvalue weighted by atomic mass is 9.92. The van der Waals surface area contributed by atoms with Crippen LogP contribution in [0.2, 0.25) is 0 Å². The van der Waals surface area contributed by atoms with Crippen LogP contribution >= 0.6 is 0 Å². The molecule has 114 valence electrons. The lowest BCUT2D eigenvalue weighted by Crippen LogP contribution is -2.18. The van der Waals surface area contributed by atoms with E-state index in [-0.39, 0.29) is 23.5 Å². The Balaban J connectivity index is 2.18. The molecule has 0 saturated heterocycles. The summed E-state index contributed by atoms with van der Waals surface area (Å²) in [4.78, 5) is 24.3. The third kappa shape index (κ3) is 3.82. The molecule has 0 radical (unpaired) electrons. The van der Waals surface area contributed by atoms with Gasteiger partial charge in [0.2, 0.25) is 5.91 Å². The number of amides is 1. The average Bonchev–Trinajstić information content (AvgIpc) is 2.54. The van der Waals surface area contributed by atoms with E-state index in [0.29, 0.717) is 5.56 Å². The fourth-order valence-corrected chi connectivity index (χ4v) is 2.18. The summed E-state index contributed by atoms with van der Waals surface area (Å²) < 4.78 is 0. The first-order chi connectivity index (χ1) is 10.5. The molecule has 22 heavy (non-hydrogen) atoms. The second kappa shape index (κ2) is 7.03.